The molecule has 0 radical (unpaired) electrons. The van der Waals surface area contributed by atoms with Gasteiger partial charge in [-0.05, 0) is 25.5 Å². The first-order valence-corrected chi connectivity index (χ1v) is 6.14. The summed E-state index contributed by atoms with van der Waals surface area (Å²) in [5.41, 5.74) is 1.37. The molecule has 5 heteroatoms. The van der Waals surface area contributed by atoms with Crippen molar-refractivity contribution in [3.05, 3.63) is 58.1 Å². The number of benzene rings is 1. The molecule has 1 aromatic carbocycles. The predicted octanol–water partition coefficient (Wildman–Crippen LogP) is 2.27. The van der Waals surface area contributed by atoms with Crippen LogP contribution < -0.4 is 15.5 Å². The lowest BCUT2D eigenvalue weighted by Gasteiger charge is -2.09. The maximum Gasteiger partial charge on any atom is 0.262 e. The quantitative estimate of drug-likeness (QED) is 0.927. The molecule has 1 amide bonds. The van der Waals surface area contributed by atoms with Gasteiger partial charge >= 0.3 is 0 Å². The van der Waals surface area contributed by atoms with Gasteiger partial charge in [0.2, 0.25) is 11.2 Å². The molecule has 1 heterocycles. The smallest absolute Gasteiger partial charge is 0.262 e. The molecule has 0 unspecified atom stereocenters. The van der Waals surface area contributed by atoms with Crippen LogP contribution in [-0.4, -0.2) is 12.5 Å². The van der Waals surface area contributed by atoms with Crippen LogP contribution in [0.15, 0.2) is 45.8 Å². The van der Waals surface area contributed by atoms with Crippen LogP contribution in [0.4, 0.5) is 5.69 Å². The van der Waals surface area contributed by atoms with Crippen molar-refractivity contribution in [3.8, 4) is 5.75 Å². The van der Waals surface area contributed by atoms with Crippen LogP contribution in [0.2, 0.25) is 0 Å². The Hall–Kier alpha value is -2.56. The predicted molar refractivity (Wildman–Crippen MR) is 75.0 cm³/mol. The first-order chi connectivity index (χ1) is 9.58. The Bertz CT molecular complexity index is 676. The molecule has 0 saturated heterocycles. The molecule has 104 valence electrons. The molecule has 1 aromatic heterocycles. The SMILES string of the molecule is Cc1ccccc1NC(=O)COc1c(C)occc1=O. The molecule has 0 fully saturated rings. The average Bonchev–Trinajstić information content (AvgIpc) is 2.41. The lowest BCUT2D eigenvalue weighted by molar-refractivity contribution is -0.118. The molecule has 0 bridgehead atoms. The summed E-state index contributed by atoms with van der Waals surface area (Å²) in [7, 11) is 0. The van der Waals surface area contributed by atoms with Crippen molar-refractivity contribution in [2.45, 2.75) is 13.8 Å². The molecule has 5 nitrogen and oxygen atoms in total. The van der Waals surface area contributed by atoms with Crippen LogP contribution in [0, 0.1) is 13.8 Å². The van der Waals surface area contributed by atoms with E-state index >= 15 is 0 Å². The summed E-state index contributed by atoms with van der Waals surface area (Å²) in [6.45, 7) is 3.26. The van der Waals surface area contributed by atoms with Gasteiger partial charge in [0.25, 0.3) is 5.91 Å². The molecule has 0 atom stereocenters. The summed E-state index contributed by atoms with van der Waals surface area (Å²) in [6, 6.07) is 8.67. The molecule has 2 aromatic rings. The number of nitrogens with one attached hydrogen (secondary N) is 1. The second kappa shape index (κ2) is 6.06. The van der Waals surface area contributed by atoms with E-state index < -0.39 is 0 Å². The van der Waals surface area contributed by atoms with E-state index in [9.17, 15) is 9.59 Å². The van der Waals surface area contributed by atoms with Gasteiger partial charge in [-0.1, -0.05) is 18.2 Å². The second-order valence-electron chi connectivity index (χ2n) is 4.32. The maximum atomic E-state index is 11.8. The van der Waals surface area contributed by atoms with Gasteiger partial charge in [0.1, 0.15) is 5.76 Å². The minimum absolute atomic E-state index is 0.0624. The van der Waals surface area contributed by atoms with Crippen LogP contribution >= 0.6 is 0 Å². The van der Waals surface area contributed by atoms with Crippen molar-refractivity contribution >= 4 is 11.6 Å². The fourth-order valence-corrected chi connectivity index (χ4v) is 1.71. The number of carbonyl (C=O) groups is 1. The lowest BCUT2D eigenvalue weighted by atomic mass is 10.2. The van der Waals surface area contributed by atoms with E-state index in [4.69, 9.17) is 9.15 Å². The van der Waals surface area contributed by atoms with Crippen LogP contribution in [-0.2, 0) is 4.79 Å². The zero-order valence-corrected chi connectivity index (χ0v) is 11.3. The number of ether oxygens (including phenoxy) is 1. The highest BCUT2D eigenvalue weighted by atomic mass is 16.5. The van der Waals surface area contributed by atoms with E-state index in [0.717, 1.165) is 11.3 Å². The third kappa shape index (κ3) is 3.26. The highest BCUT2D eigenvalue weighted by Gasteiger charge is 2.10. The number of anilines is 1. The normalized spacial score (nSPS) is 10.1. The topological polar surface area (TPSA) is 68.5 Å². The maximum absolute atomic E-state index is 11.8. The molecular weight excluding hydrogens is 258 g/mol. The fourth-order valence-electron chi connectivity index (χ4n) is 1.71. The third-order valence-electron chi connectivity index (χ3n) is 2.77. The molecule has 20 heavy (non-hydrogen) atoms. The van der Waals surface area contributed by atoms with E-state index in [-0.39, 0.29) is 23.7 Å². The number of aryl methyl sites for hydroxylation is 2. The number of carbonyl (C=O) groups excluding carboxylic acids is 1. The third-order valence-corrected chi connectivity index (χ3v) is 2.77. The largest absolute Gasteiger partial charge is 0.476 e. The Labute approximate surface area is 116 Å². The van der Waals surface area contributed by atoms with Crippen molar-refractivity contribution in [3.63, 3.8) is 0 Å². The number of hydrogen-bond donors (Lipinski definition) is 1. The van der Waals surface area contributed by atoms with Crippen molar-refractivity contribution in [1.29, 1.82) is 0 Å². The Morgan fingerprint density at radius 1 is 1.25 bits per heavy atom. The minimum atomic E-state index is -0.332. The Morgan fingerprint density at radius 2 is 2.00 bits per heavy atom. The van der Waals surface area contributed by atoms with Gasteiger partial charge in [0.15, 0.2) is 6.61 Å². The molecule has 0 aliphatic heterocycles. The first-order valence-electron chi connectivity index (χ1n) is 6.14. The average molecular weight is 273 g/mol. The number of amides is 1. The van der Waals surface area contributed by atoms with E-state index in [1.807, 2.05) is 25.1 Å². The van der Waals surface area contributed by atoms with Crippen molar-refractivity contribution in [2.24, 2.45) is 0 Å². The van der Waals surface area contributed by atoms with Gasteiger partial charge < -0.3 is 14.5 Å². The van der Waals surface area contributed by atoms with Crippen LogP contribution in [0.3, 0.4) is 0 Å². The van der Waals surface area contributed by atoms with Crippen molar-refractivity contribution < 1.29 is 13.9 Å². The molecule has 0 aliphatic carbocycles. The number of hydrogen-bond acceptors (Lipinski definition) is 4. The summed E-state index contributed by atoms with van der Waals surface area (Å²) < 4.78 is 10.3. The Kier molecular flexibility index (Phi) is 4.20. The standard InChI is InChI=1S/C15H15NO4/c1-10-5-3-4-6-12(10)16-14(18)9-20-15-11(2)19-8-7-13(15)17/h3-8H,9H2,1-2H3,(H,16,18). The Balaban J connectivity index is 2.00. The van der Waals surface area contributed by atoms with Crippen LogP contribution in [0.5, 0.6) is 5.75 Å². The zero-order valence-electron chi connectivity index (χ0n) is 11.3. The van der Waals surface area contributed by atoms with Gasteiger partial charge in [0.05, 0.1) is 6.26 Å². The first kappa shape index (κ1) is 13.9. The summed E-state index contributed by atoms with van der Waals surface area (Å²) in [6.07, 6.45) is 1.29. The summed E-state index contributed by atoms with van der Waals surface area (Å²) in [5.74, 6) is 0.0792. The van der Waals surface area contributed by atoms with Gasteiger partial charge in [-0.15, -0.1) is 0 Å². The fraction of sp³-hybridized carbons (Fsp3) is 0.200. The molecule has 0 spiro atoms. The van der Waals surface area contributed by atoms with Crippen molar-refractivity contribution in [2.75, 3.05) is 11.9 Å². The van der Waals surface area contributed by atoms with Crippen LogP contribution in [0.1, 0.15) is 11.3 Å². The van der Waals surface area contributed by atoms with Gasteiger partial charge in [-0.2, -0.15) is 0 Å². The second-order valence-corrected chi connectivity index (χ2v) is 4.32. The van der Waals surface area contributed by atoms with Gasteiger partial charge in [-0.25, -0.2) is 0 Å². The molecular formula is C15H15NO4. The monoisotopic (exact) mass is 273 g/mol. The number of rotatable bonds is 4. The zero-order chi connectivity index (χ0) is 14.5. The van der Waals surface area contributed by atoms with Gasteiger partial charge in [-0.3, -0.25) is 9.59 Å². The molecule has 2 rings (SSSR count). The summed E-state index contributed by atoms with van der Waals surface area (Å²) >= 11 is 0. The highest BCUT2D eigenvalue weighted by Crippen LogP contribution is 2.14. The molecule has 0 aliphatic rings. The number of para-hydroxylation sites is 1. The van der Waals surface area contributed by atoms with E-state index in [1.165, 1.54) is 12.3 Å². The van der Waals surface area contributed by atoms with E-state index in [1.54, 1.807) is 13.0 Å². The highest BCUT2D eigenvalue weighted by molar-refractivity contribution is 5.92. The van der Waals surface area contributed by atoms with Crippen LogP contribution in [0.25, 0.3) is 0 Å². The van der Waals surface area contributed by atoms with Gasteiger partial charge in [0, 0.05) is 11.8 Å². The molecule has 1 N–H and O–H groups in total. The minimum Gasteiger partial charge on any atom is -0.476 e. The van der Waals surface area contributed by atoms with E-state index in [2.05, 4.69) is 5.32 Å². The summed E-state index contributed by atoms with van der Waals surface area (Å²) in [4.78, 5) is 23.3. The Morgan fingerprint density at radius 3 is 2.70 bits per heavy atom. The molecule has 0 saturated carbocycles. The van der Waals surface area contributed by atoms with E-state index in [0.29, 0.717) is 5.76 Å². The lowest BCUT2D eigenvalue weighted by Crippen LogP contribution is -2.22. The summed E-state index contributed by atoms with van der Waals surface area (Å²) in [5, 5.41) is 2.72. The van der Waals surface area contributed by atoms with Crippen molar-refractivity contribution in [1.82, 2.24) is 0 Å².